The smallest absolute Gasteiger partial charge is 0.337 e. The summed E-state index contributed by atoms with van der Waals surface area (Å²) in [4.78, 5) is 18.4. The van der Waals surface area contributed by atoms with E-state index in [1.807, 2.05) is 6.07 Å². The summed E-state index contributed by atoms with van der Waals surface area (Å²) in [6, 6.07) is 3.42. The third-order valence-electron chi connectivity index (χ3n) is 3.28. The van der Waals surface area contributed by atoms with Gasteiger partial charge in [0.05, 0.1) is 22.7 Å². The number of rotatable bonds is 3. The number of aromatic carboxylic acids is 1. The van der Waals surface area contributed by atoms with Crippen molar-refractivity contribution < 1.29 is 14.6 Å². The summed E-state index contributed by atoms with van der Waals surface area (Å²) < 4.78 is 5.57. The lowest BCUT2D eigenvalue weighted by Crippen LogP contribution is -2.08. The SMILES string of the molecule is O=C(O)c1ccnc2cc(CC3CCCO3)[nH]c12. The van der Waals surface area contributed by atoms with E-state index in [9.17, 15) is 4.79 Å². The van der Waals surface area contributed by atoms with Gasteiger partial charge in [0.25, 0.3) is 0 Å². The lowest BCUT2D eigenvalue weighted by Gasteiger charge is -2.06. The lowest BCUT2D eigenvalue weighted by molar-refractivity contribution is 0.0699. The predicted molar refractivity (Wildman–Crippen MR) is 65.7 cm³/mol. The molecule has 0 bridgehead atoms. The number of ether oxygens (including phenoxy) is 1. The first kappa shape index (κ1) is 11.2. The summed E-state index contributed by atoms with van der Waals surface area (Å²) in [5.41, 5.74) is 2.54. The molecule has 0 amide bonds. The second-order valence-corrected chi connectivity index (χ2v) is 4.56. The molecular weight excluding hydrogens is 232 g/mol. The zero-order valence-corrected chi connectivity index (χ0v) is 9.85. The largest absolute Gasteiger partial charge is 0.478 e. The topological polar surface area (TPSA) is 75.2 Å². The summed E-state index contributed by atoms with van der Waals surface area (Å²) in [7, 11) is 0. The van der Waals surface area contributed by atoms with E-state index in [0.717, 1.165) is 31.6 Å². The highest BCUT2D eigenvalue weighted by Crippen LogP contribution is 2.21. The number of aromatic nitrogens is 2. The Morgan fingerprint density at radius 3 is 3.22 bits per heavy atom. The Bertz CT molecular complexity index is 585. The third-order valence-corrected chi connectivity index (χ3v) is 3.28. The highest BCUT2D eigenvalue weighted by atomic mass is 16.5. The summed E-state index contributed by atoms with van der Waals surface area (Å²) in [6.45, 7) is 0.823. The molecule has 0 radical (unpaired) electrons. The van der Waals surface area contributed by atoms with Gasteiger partial charge in [-0.15, -0.1) is 0 Å². The summed E-state index contributed by atoms with van der Waals surface area (Å²) in [6.07, 6.45) is 4.72. The first-order chi connectivity index (χ1) is 8.74. The molecule has 2 N–H and O–H groups in total. The van der Waals surface area contributed by atoms with Crippen molar-refractivity contribution in [2.75, 3.05) is 6.61 Å². The molecule has 1 atom stereocenters. The molecule has 18 heavy (non-hydrogen) atoms. The van der Waals surface area contributed by atoms with Gasteiger partial charge in [-0.1, -0.05) is 0 Å². The molecule has 1 aliphatic rings. The number of aromatic amines is 1. The van der Waals surface area contributed by atoms with Crippen molar-refractivity contribution >= 4 is 17.0 Å². The van der Waals surface area contributed by atoms with Gasteiger partial charge in [0.2, 0.25) is 0 Å². The Kier molecular flexibility index (Phi) is 2.76. The van der Waals surface area contributed by atoms with E-state index in [1.54, 1.807) is 0 Å². The quantitative estimate of drug-likeness (QED) is 0.868. The van der Waals surface area contributed by atoms with Crippen LogP contribution in [0.25, 0.3) is 11.0 Å². The lowest BCUT2D eigenvalue weighted by atomic mass is 10.1. The number of H-pyrrole nitrogens is 1. The van der Waals surface area contributed by atoms with Crippen molar-refractivity contribution in [2.24, 2.45) is 0 Å². The zero-order chi connectivity index (χ0) is 12.5. The first-order valence-electron chi connectivity index (χ1n) is 6.05. The monoisotopic (exact) mass is 246 g/mol. The van der Waals surface area contributed by atoms with Crippen LogP contribution in [0.4, 0.5) is 0 Å². The van der Waals surface area contributed by atoms with E-state index in [-0.39, 0.29) is 11.7 Å². The van der Waals surface area contributed by atoms with Gasteiger partial charge in [-0.05, 0) is 25.0 Å². The van der Waals surface area contributed by atoms with Crippen LogP contribution in [0.5, 0.6) is 0 Å². The molecule has 3 heterocycles. The second kappa shape index (κ2) is 4.42. The normalized spacial score (nSPS) is 19.4. The van der Waals surface area contributed by atoms with E-state index in [2.05, 4.69) is 9.97 Å². The molecule has 0 saturated carbocycles. The van der Waals surface area contributed by atoms with Gasteiger partial charge < -0.3 is 14.8 Å². The number of pyridine rings is 1. The first-order valence-corrected chi connectivity index (χ1v) is 6.05. The molecule has 0 aromatic carbocycles. The molecule has 1 fully saturated rings. The molecule has 5 heteroatoms. The Morgan fingerprint density at radius 1 is 1.61 bits per heavy atom. The summed E-state index contributed by atoms with van der Waals surface area (Å²) in [5, 5.41) is 9.10. The van der Waals surface area contributed by atoms with Gasteiger partial charge in [-0.2, -0.15) is 0 Å². The van der Waals surface area contributed by atoms with Crippen LogP contribution in [0.15, 0.2) is 18.3 Å². The minimum absolute atomic E-state index is 0.242. The summed E-state index contributed by atoms with van der Waals surface area (Å²) >= 11 is 0. The highest BCUT2D eigenvalue weighted by molar-refractivity contribution is 6.00. The molecule has 1 unspecified atom stereocenters. The number of fused-ring (bicyclic) bond motifs is 1. The van der Waals surface area contributed by atoms with Crippen molar-refractivity contribution in [2.45, 2.75) is 25.4 Å². The zero-order valence-electron chi connectivity index (χ0n) is 9.85. The molecule has 1 aliphatic heterocycles. The van der Waals surface area contributed by atoms with Crippen molar-refractivity contribution in [3.05, 3.63) is 29.6 Å². The maximum atomic E-state index is 11.1. The Hall–Kier alpha value is -1.88. The number of carboxylic acid groups (broad SMARTS) is 1. The Morgan fingerprint density at radius 2 is 2.50 bits per heavy atom. The minimum Gasteiger partial charge on any atom is -0.478 e. The molecule has 0 spiro atoms. The van der Waals surface area contributed by atoms with E-state index < -0.39 is 5.97 Å². The average molecular weight is 246 g/mol. The number of hydrogen-bond acceptors (Lipinski definition) is 3. The molecular formula is C13H14N2O3. The van der Waals surface area contributed by atoms with Gasteiger partial charge in [0.15, 0.2) is 0 Å². The maximum Gasteiger partial charge on any atom is 0.337 e. The average Bonchev–Trinajstić information content (AvgIpc) is 2.96. The molecule has 2 aromatic rings. The van der Waals surface area contributed by atoms with Gasteiger partial charge >= 0.3 is 5.97 Å². The van der Waals surface area contributed by atoms with Crippen molar-refractivity contribution in [1.82, 2.24) is 9.97 Å². The van der Waals surface area contributed by atoms with Crippen LogP contribution in [-0.4, -0.2) is 33.8 Å². The van der Waals surface area contributed by atoms with E-state index in [4.69, 9.17) is 9.84 Å². The van der Waals surface area contributed by atoms with Crippen LogP contribution in [-0.2, 0) is 11.2 Å². The van der Waals surface area contributed by atoms with Gasteiger partial charge in [0, 0.05) is 24.9 Å². The maximum absolute atomic E-state index is 11.1. The van der Waals surface area contributed by atoms with E-state index >= 15 is 0 Å². The van der Waals surface area contributed by atoms with E-state index in [1.165, 1.54) is 12.3 Å². The second-order valence-electron chi connectivity index (χ2n) is 4.56. The highest BCUT2D eigenvalue weighted by Gasteiger charge is 2.18. The number of carboxylic acids is 1. The predicted octanol–water partition coefficient (Wildman–Crippen LogP) is 1.98. The molecule has 2 aromatic heterocycles. The Balaban J connectivity index is 1.94. The van der Waals surface area contributed by atoms with Crippen LogP contribution in [0, 0.1) is 0 Å². The molecule has 3 rings (SSSR count). The van der Waals surface area contributed by atoms with Gasteiger partial charge in [-0.25, -0.2) is 4.79 Å². The van der Waals surface area contributed by atoms with Gasteiger partial charge in [-0.3, -0.25) is 4.98 Å². The van der Waals surface area contributed by atoms with Crippen LogP contribution in [0.1, 0.15) is 28.9 Å². The Labute approximate surface area is 104 Å². The molecule has 0 aliphatic carbocycles. The van der Waals surface area contributed by atoms with Crippen LogP contribution >= 0.6 is 0 Å². The number of nitrogens with zero attached hydrogens (tertiary/aromatic N) is 1. The number of nitrogens with one attached hydrogen (secondary N) is 1. The fourth-order valence-corrected chi connectivity index (χ4v) is 2.42. The van der Waals surface area contributed by atoms with E-state index in [0.29, 0.717) is 11.0 Å². The molecule has 1 saturated heterocycles. The molecule has 94 valence electrons. The van der Waals surface area contributed by atoms with Crippen LogP contribution in [0.3, 0.4) is 0 Å². The van der Waals surface area contributed by atoms with Crippen molar-refractivity contribution in [1.29, 1.82) is 0 Å². The molecule has 5 nitrogen and oxygen atoms in total. The number of carbonyl (C=O) groups is 1. The van der Waals surface area contributed by atoms with Crippen molar-refractivity contribution in [3.63, 3.8) is 0 Å². The third kappa shape index (κ3) is 1.97. The van der Waals surface area contributed by atoms with Crippen LogP contribution < -0.4 is 0 Å². The standard InChI is InChI=1S/C13H14N2O3/c16-13(17)10-3-4-14-11-7-8(15-12(10)11)6-9-2-1-5-18-9/h3-4,7,9,15H,1-2,5-6H2,(H,16,17). The van der Waals surface area contributed by atoms with Crippen molar-refractivity contribution in [3.8, 4) is 0 Å². The van der Waals surface area contributed by atoms with Crippen LogP contribution in [0.2, 0.25) is 0 Å². The summed E-state index contributed by atoms with van der Waals surface area (Å²) in [5.74, 6) is -0.937. The minimum atomic E-state index is -0.937. The number of hydrogen-bond donors (Lipinski definition) is 2. The fraction of sp³-hybridized carbons (Fsp3) is 0.385. The fourth-order valence-electron chi connectivity index (χ4n) is 2.42. The van der Waals surface area contributed by atoms with Gasteiger partial charge in [0.1, 0.15) is 0 Å².